The summed E-state index contributed by atoms with van der Waals surface area (Å²) in [6.45, 7) is 3.24. The smallest absolute Gasteiger partial charge is 0.313 e. The maximum Gasteiger partial charge on any atom is 0.313 e. The van der Waals surface area contributed by atoms with Crippen LogP contribution < -0.4 is 5.73 Å². The molecule has 0 aromatic heterocycles. The number of hydrogen-bond donors (Lipinski definition) is 2. The number of halogens is 1. The van der Waals surface area contributed by atoms with Gasteiger partial charge in [-0.1, -0.05) is 0 Å². The molecule has 102 valence electrons. The maximum atomic E-state index is 11.7. The number of esters is 1. The fraction of sp³-hybridized carbons (Fsp3) is 0.385. The summed E-state index contributed by atoms with van der Waals surface area (Å²) < 4.78 is 5.07. The van der Waals surface area contributed by atoms with Gasteiger partial charge in [0.1, 0.15) is 5.75 Å². The number of aromatic hydroxyl groups is 1. The summed E-state index contributed by atoms with van der Waals surface area (Å²) in [7, 11) is 1.28. The summed E-state index contributed by atoms with van der Waals surface area (Å²) in [6, 6.07) is 4.12. The first-order valence-electron chi connectivity index (χ1n) is 5.52. The Kier molecular flexibility index (Phi) is 4.56. The SMILES string of the molecule is COC(=O)C(C)(C)[C@H](N)c1cc(C#N)cc(Br)c1O. The van der Waals surface area contributed by atoms with E-state index in [1.807, 2.05) is 6.07 Å². The second kappa shape index (κ2) is 5.59. The first-order chi connectivity index (χ1) is 8.75. The molecule has 6 heteroatoms. The van der Waals surface area contributed by atoms with Crippen LogP contribution in [-0.2, 0) is 9.53 Å². The van der Waals surface area contributed by atoms with Gasteiger partial charge in [-0.25, -0.2) is 0 Å². The summed E-state index contributed by atoms with van der Waals surface area (Å²) >= 11 is 3.15. The molecule has 3 N–H and O–H groups in total. The van der Waals surface area contributed by atoms with Crippen LogP contribution in [-0.4, -0.2) is 18.2 Å². The van der Waals surface area contributed by atoms with Gasteiger partial charge >= 0.3 is 5.97 Å². The van der Waals surface area contributed by atoms with Crippen molar-refractivity contribution >= 4 is 21.9 Å². The van der Waals surface area contributed by atoms with E-state index in [1.54, 1.807) is 13.8 Å². The number of phenols is 1. The van der Waals surface area contributed by atoms with Gasteiger partial charge in [0.2, 0.25) is 0 Å². The first-order valence-corrected chi connectivity index (χ1v) is 6.31. The lowest BCUT2D eigenvalue weighted by molar-refractivity contribution is -0.152. The highest BCUT2D eigenvalue weighted by Crippen LogP contribution is 2.40. The highest BCUT2D eigenvalue weighted by molar-refractivity contribution is 9.10. The molecule has 0 bridgehead atoms. The number of ether oxygens (including phenoxy) is 1. The minimum absolute atomic E-state index is 0.0801. The molecule has 0 amide bonds. The number of carbonyl (C=O) groups excluding carboxylic acids is 1. The molecule has 19 heavy (non-hydrogen) atoms. The van der Waals surface area contributed by atoms with Crippen LogP contribution in [0.2, 0.25) is 0 Å². The summed E-state index contributed by atoms with van der Waals surface area (Å²) in [6.07, 6.45) is 0. The molecule has 0 spiro atoms. The van der Waals surface area contributed by atoms with Crippen LogP contribution in [0.5, 0.6) is 5.75 Å². The third-order valence-corrected chi connectivity index (χ3v) is 3.65. The molecular formula is C13H15BrN2O3. The second-order valence-corrected chi connectivity index (χ2v) is 5.55. The summed E-state index contributed by atoms with van der Waals surface area (Å²) in [4.78, 5) is 11.7. The number of hydrogen-bond acceptors (Lipinski definition) is 5. The van der Waals surface area contributed by atoms with Crippen molar-refractivity contribution < 1.29 is 14.6 Å². The van der Waals surface area contributed by atoms with Crippen molar-refractivity contribution in [2.45, 2.75) is 19.9 Å². The normalized spacial score (nSPS) is 12.6. The van der Waals surface area contributed by atoms with Gasteiger partial charge < -0.3 is 15.6 Å². The van der Waals surface area contributed by atoms with Crippen molar-refractivity contribution in [2.75, 3.05) is 7.11 Å². The molecule has 0 unspecified atom stereocenters. The molecule has 0 aliphatic carbocycles. The molecule has 0 saturated heterocycles. The quantitative estimate of drug-likeness (QED) is 0.830. The van der Waals surface area contributed by atoms with E-state index in [9.17, 15) is 9.90 Å². The third kappa shape index (κ3) is 2.88. The van der Waals surface area contributed by atoms with Crippen molar-refractivity contribution in [1.29, 1.82) is 5.26 Å². The van der Waals surface area contributed by atoms with Crippen molar-refractivity contribution in [3.05, 3.63) is 27.7 Å². The topological polar surface area (TPSA) is 96.3 Å². The molecule has 1 aromatic carbocycles. The van der Waals surface area contributed by atoms with Crippen LogP contribution in [0, 0.1) is 16.7 Å². The van der Waals surface area contributed by atoms with E-state index in [2.05, 4.69) is 15.9 Å². The molecule has 0 aliphatic rings. The molecule has 1 rings (SSSR count). The standard InChI is InChI=1S/C13H15BrN2O3/c1-13(2,12(18)19-3)11(16)8-4-7(6-15)5-9(14)10(8)17/h4-5,11,17H,16H2,1-3H3/t11-/m1/s1. The number of benzene rings is 1. The Morgan fingerprint density at radius 1 is 1.58 bits per heavy atom. The van der Waals surface area contributed by atoms with Crippen LogP contribution >= 0.6 is 15.9 Å². The van der Waals surface area contributed by atoms with E-state index >= 15 is 0 Å². The lowest BCUT2D eigenvalue weighted by Gasteiger charge is -2.29. The highest BCUT2D eigenvalue weighted by Gasteiger charge is 2.38. The molecular weight excluding hydrogens is 312 g/mol. The van der Waals surface area contributed by atoms with Crippen LogP contribution in [0.3, 0.4) is 0 Å². The van der Waals surface area contributed by atoms with Crippen LogP contribution in [0.15, 0.2) is 16.6 Å². The van der Waals surface area contributed by atoms with Gasteiger partial charge in [0.15, 0.2) is 0 Å². The zero-order valence-electron chi connectivity index (χ0n) is 10.9. The number of methoxy groups -OCH3 is 1. The second-order valence-electron chi connectivity index (χ2n) is 4.70. The average molecular weight is 327 g/mol. The molecule has 0 aliphatic heterocycles. The predicted octanol–water partition coefficient (Wildman–Crippen LogP) is 2.23. The number of phenolic OH excluding ortho intramolecular Hbond substituents is 1. The number of carbonyl (C=O) groups is 1. The van der Waals surface area contributed by atoms with Crippen molar-refractivity contribution in [3.63, 3.8) is 0 Å². The summed E-state index contributed by atoms with van der Waals surface area (Å²) in [5, 5.41) is 18.9. The monoisotopic (exact) mass is 326 g/mol. The van der Waals surface area contributed by atoms with Gasteiger partial charge in [0, 0.05) is 11.6 Å². The van der Waals surface area contributed by atoms with Crippen molar-refractivity contribution in [1.82, 2.24) is 0 Å². The third-order valence-electron chi connectivity index (χ3n) is 3.05. The molecule has 0 radical (unpaired) electrons. The van der Waals surface area contributed by atoms with E-state index in [0.29, 0.717) is 15.6 Å². The Labute approximate surface area is 120 Å². The number of rotatable bonds is 3. The van der Waals surface area contributed by atoms with Crippen LogP contribution in [0.1, 0.15) is 31.0 Å². The van der Waals surface area contributed by atoms with Gasteiger partial charge in [0.05, 0.1) is 28.6 Å². The first kappa shape index (κ1) is 15.5. The zero-order chi connectivity index (χ0) is 14.8. The fourth-order valence-corrected chi connectivity index (χ4v) is 2.18. The van der Waals surface area contributed by atoms with E-state index in [1.165, 1.54) is 19.2 Å². The van der Waals surface area contributed by atoms with Crippen molar-refractivity contribution in [2.24, 2.45) is 11.1 Å². The van der Waals surface area contributed by atoms with Gasteiger partial charge in [-0.05, 0) is 41.9 Å². The van der Waals surface area contributed by atoms with E-state index in [-0.39, 0.29) is 5.75 Å². The Balaban J connectivity index is 3.34. The average Bonchev–Trinajstić information content (AvgIpc) is 2.39. The van der Waals surface area contributed by atoms with Gasteiger partial charge in [-0.15, -0.1) is 0 Å². The van der Waals surface area contributed by atoms with Crippen LogP contribution in [0.4, 0.5) is 0 Å². The number of nitrogens with zero attached hydrogens (tertiary/aromatic N) is 1. The van der Waals surface area contributed by atoms with Gasteiger partial charge in [-0.2, -0.15) is 5.26 Å². The zero-order valence-corrected chi connectivity index (χ0v) is 12.5. The Morgan fingerprint density at radius 2 is 2.16 bits per heavy atom. The van der Waals surface area contributed by atoms with Crippen molar-refractivity contribution in [3.8, 4) is 11.8 Å². The molecule has 0 heterocycles. The summed E-state index contributed by atoms with van der Waals surface area (Å²) in [5.74, 6) is -0.568. The molecule has 5 nitrogen and oxygen atoms in total. The Morgan fingerprint density at radius 3 is 2.63 bits per heavy atom. The molecule has 0 saturated carbocycles. The van der Waals surface area contributed by atoms with Crippen LogP contribution in [0.25, 0.3) is 0 Å². The highest BCUT2D eigenvalue weighted by atomic mass is 79.9. The van der Waals surface area contributed by atoms with Gasteiger partial charge in [-0.3, -0.25) is 4.79 Å². The predicted molar refractivity (Wildman–Crippen MR) is 73.2 cm³/mol. The lowest BCUT2D eigenvalue weighted by Crippen LogP contribution is -2.37. The summed E-state index contributed by atoms with van der Waals surface area (Å²) in [5.41, 5.74) is 5.69. The van der Waals surface area contributed by atoms with Gasteiger partial charge in [0.25, 0.3) is 0 Å². The van der Waals surface area contributed by atoms with E-state index in [0.717, 1.165) is 0 Å². The molecule has 1 atom stereocenters. The number of nitrogens with two attached hydrogens (primary N) is 1. The largest absolute Gasteiger partial charge is 0.506 e. The minimum Gasteiger partial charge on any atom is -0.506 e. The fourth-order valence-electron chi connectivity index (χ4n) is 1.70. The maximum absolute atomic E-state index is 11.7. The number of nitriles is 1. The lowest BCUT2D eigenvalue weighted by atomic mass is 9.80. The Hall–Kier alpha value is -1.58. The molecule has 1 aromatic rings. The van der Waals surface area contributed by atoms with E-state index < -0.39 is 17.4 Å². The minimum atomic E-state index is -1.03. The Bertz CT molecular complexity index is 550. The van der Waals surface area contributed by atoms with E-state index in [4.69, 9.17) is 15.7 Å². The molecule has 0 fully saturated rings.